The Hall–Kier alpha value is -1.88. The first kappa shape index (κ1) is 13.2. The first-order valence-corrected chi connectivity index (χ1v) is 5.42. The molecule has 0 saturated carbocycles. The van der Waals surface area contributed by atoms with Crippen molar-refractivity contribution >= 4 is 11.8 Å². The van der Waals surface area contributed by atoms with Gasteiger partial charge in [0.25, 0.3) is 0 Å². The minimum Gasteiger partial charge on any atom is -0.357 e. The van der Waals surface area contributed by atoms with Crippen molar-refractivity contribution in [3.63, 3.8) is 0 Å². The lowest BCUT2D eigenvalue weighted by molar-refractivity contribution is -0.128. The fraction of sp³-hybridized carbons (Fsp3) is 0.333. The Balaban J connectivity index is 2.70. The molecule has 1 rings (SSSR count). The van der Waals surface area contributed by atoms with E-state index in [-0.39, 0.29) is 18.4 Å². The second kappa shape index (κ2) is 6.65. The second-order valence-corrected chi connectivity index (χ2v) is 3.63. The average Bonchev–Trinajstić information content (AvgIpc) is 2.38. The molecule has 0 aliphatic carbocycles. The number of nitrogens with two attached hydrogens (primary N) is 1. The molecular formula is C12H17N3O2. The van der Waals surface area contributed by atoms with Gasteiger partial charge >= 0.3 is 0 Å². The van der Waals surface area contributed by atoms with Crippen LogP contribution in [0.5, 0.6) is 0 Å². The average molecular weight is 235 g/mol. The maximum Gasteiger partial charge on any atom is 0.242 e. The number of amides is 2. The standard InChI is InChI=1S/C12H17N3O2/c1-14-12(17)10(15-11(16)8-13)7-9-5-3-2-4-6-9/h2-6,10H,7-8,13H2,1H3,(H,14,17)(H,15,16)/t10-/m1/s1. The normalized spacial score (nSPS) is 11.6. The summed E-state index contributed by atoms with van der Waals surface area (Å²) in [7, 11) is 1.54. The number of carbonyl (C=O) groups excluding carboxylic acids is 2. The number of rotatable bonds is 5. The predicted molar refractivity (Wildman–Crippen MR) is 65.2 cm³/mol. The lowest BCUT2D eigenvalue weighted by atomic mass is 10.1. The van der Waals surface area contributed by atoms with Crippen LogP contribution in [-0.2, 0) is 16.0 Å². The number of benzene rings is 1. The van der Waals surface area contributed by atoms with Crippen molar-refractivity contribution in [1.82, 2.24) is 10.6 Å². The number of nitrogens with one attached hydrogen (secondary N) is 2. The first-order chi connectivity index (χ1) is 8.17. The molecule has 0 aliphatic rings. The van der Waals surface area contributed by atoms with Crippen LogP contribution in [-0.4, -0.2) is 31.4 Å². The van der Waals surface area contributed by atoms with Crippen LogP contribution < -0.4 is 16.4 Å². The van der Waals surface area contributed by atoms with Crippen LogP contribution in [0.25, 0.3) is 0 Å². The zero-order chi connectivity index (χ0) is 12.7. The molecule has 0 aromatic heterocycles. The van der Waals surface area contributed by atoms with Crippen molar-refractivity contribution in [1.29, 1.82) is 0 Å². The number of hydrogen-bond donors (Lipinski definition) is 3. The third-order valence-electron chi connectivity index (χ3n) is 2.37. The molecule has 0 spiro atoms. The first-order valence-electron chi connectivity index (χ1n) is 5.42. The summed E-state index contributed by atoms with van der Waals surface area (Å²) in [6.07, 6.45) is 0.451. The van der Waals surface area contributed by atoms with E-state index in [0.29, 0.717) is 6.42 Å². The molecule has 2 amide bonds. The Morgan fingerprint density at radius 3 is 2.47 bits per heavy atom. The molecule has 4 N–H and O–H groups in total. The summed E-state index contributed by atoms with van der Waals surface area (Å²) in [4.78, 5) is 22.8. The Labute approximate surface area is 100 Å². The molecule has 0 unspecified atom stereocenters. The van der Waals surface area contributed by atoms with Gasteiger partial charge < -0.3 is 16.4 Å². The fourth-order valence-electron chi connectivity index (χ4n) is 1.49. The molecule has 17 heavy (non-hydrogen) atoms. The summed E-state index contributed by atoms with van der Waals surface area (Å²) in [6.45, 7) is -0.123. The van der Waals surface area contributed by atoms with E-state index in [1.165, 1.54) is 7.05 Å². The van der Waals surface area contributed by atoms with E-state index in [1.807, 2.05) is 30.3 Å². The molecule has 5 heteroatoms. The minimum absolute atomic E-state index is 0.123. The zero-order valence-electron chi connectivity index (χ0n) is 9.77. The Bertz CT molecular complexity index is 379. The van der Waals surface area contributed by atoms with E-state index in [2.05, 4.69) is 10.6 Å². The molecule has 1 atom stereocenters. The van der Waals surface area contributed by atoms with E-state index >= 15 is 0 Å². The summed E-state index contributed by atoms with van der Waals surface area (Å²) in [5, 5.41) is 5.11. The van der Waals surface area contributed by atoms with Crippen molar-refractivity contribution in [2.24, 2.45) is 5.73 Å². The number of carbonyl (C=O) groups is 2. The monoisotopic (exact) mass is 235 g/mol. The molecule has 1 aromatic rings. The van der Waals surface area contributed by atoms with Crippen LogP contribution in [0.4, 0.5) is 0 Å². The Kier molecular flexibility index (Phi) is 5.16. The van der Waals surface area contributed by atoms with Gasteiger partial charge in [-0.15, -0.1) is 0 Å². The maximum atomic E-state index is 11.6. The highest BCUT2D eigenvalue weighted by atomic mass is 16.2. The van der Waals surface area contributed by atoms with Crippen molar-refractivity contribution in [3.8, 4) is 0 Å². The topological polar surface area (TPSA) is 84.2 Å². The van der Waals surface area contributed by atoms with Gasteiger partial charge in [0.05, 0.1) is 6.54 Å². The van der Waals surface area contributed by atoms with Crippen LogP contribution in [0.2, 0.25) is 0 Å². The second-order valence-electron chi connectivity index (χ2n) is 3.63. The van der Waals surface area contributed by atoms with Gasteiger partial charge in [-0.05, 0) is 5.56 Å². The molecule has 1 aromatic carbocycles. The molecule has 0 radical (unpaired) electrons. The molecule has 0 bridgehead atoms. The van der Waals surface area contributed by atoms with Crippen LogP contribution in [0.15, 0.2) is 30.3 Å². The number of likely N-dealkylation sites (N-methyl/N-ethyl adjacent to an activating group) is 1. The number of hydrogen-bond acceptors (Lipinski definition) is 3. The van der Waals surface area contributed by atoms with Crippen molar-refractivity contribution in [2.45, 2.75) is 12.5 Å². The summed E-state index contributed by atoms with van der Waals surface area (Å²) in [6, 6.07) is 8.91. The van der Waals surface area contributed by atoms with Crippen molar-refractivity contribution < 1.29 is 9.59 Å². The molecule has 0 saturated heterocycles. The van der Waals surface area contributed by atoms with Crippen molar-refractivity contribution in [3.05, 3.63) is 35.9 Å². The van der Waals surface area contributed by atoms with Crippen LogP contribution in [0.1, 0.15) is 5.56 Å². The zero-order valence-corrected chi connectivity index (χ0v) is 9.77. The van der Waals surface area contributed by atoms with Crippen LogP contribution in [0, 0.1) is 0 Å². The summed E-state index contributed by atoms with van der Waals surface area (Å²) >= 11 is 0. The van der Waals surface area contributed by atoms with E-state index in [4.69, 9.17) is 5.73 Å². The van der Waals surface area contributed by atoms with Gasteiger partial charge in [-0.25, -0.2) is 0 Å². The summed E-state index contributed by atoms with van der Waals surface area (Å²) < 4.78 is 0. The van der Waals surface area contributed by atoms with Gasteiger partial charge in [0, 0.05) is 13.5 Å². The van der Waals surface area contributed by atoms with E-state index < -0.39 is 6.04 Å². The minimum atomic E-state index is -0.585. The van der Waals surface area contributed by atoms with E-state index in [9.17, 15) is 9.59 Å². The molecule has 92 valence electrons. The van der Waals surface area contributed by atoms with Gasteiger partial charge in [0.1, 0.15) is 6.04 Å². The van der Waals surface area contributed by atoms with E-state index in [0.717, 1.165) is 5.56 Å². The van der Waals surface area contributed by atoms with Crippen LogP contribution >= 0.6 is 0 Å². The Morgan fingerprint density at radius 1 is 1.29 bits per heavy atom. The molecule has 0 aliphatic heterocycles. The highest BCUT2D eigenvalue weighted by Gasteiger charge is 2.19. The molecule has 5 nitrogen and oxygen atoms in total. The summed E-state index contributed by atoms with van der Waals surface area (Å²) in [5.41, 5.74) is 6.20. The fourth-order valence-corrected chi connectivity index (χ4v) is 1.49. The van der Waals surface area contributed by atoms with E-state index in [1.54, 1.807) is 0 Å². The predicted octanol–water partition coefficient (Wildman–Crippen LogP) is -0.581. The quantitative estimate of drug-likeness (QED) is 0.638. The highest BCUT2D eigenvalue weighted by molar-refractivity contribution is 5.88. The van der Waals surface area contributed by atoms with Crippen molar-refractivity contribution in [2.75, 3.05) is 13.6 Å². The van der Waals surface area contributed by atoms with Gasteiger partial charge in [-0.1, -0.05) is 30.3 Å². The van der Waals surface area contributed by atoms with Gasteiger partial charge in [-0.3, -0.25) is 9.59 Å². The van der Waals surface area contributed by atoms with Gasteiger partial charge in [-0.2, -0.15) is 0 Å². The smallest absolute Gasteiger partial charge is 0.242 e. The summed E-state index contributed by atoms with van der Waals surface area (Å²) in [5.74, 6) is -0.565. The molecule has 0 heterocycles. The SMILES string of the molecule is CNC(=O)[C@@H](Cc1ccccc1)NC(=O)CN. The third kappa shape index (κ3) is 4.24. The lowest BCUT2D eigenvalue weighted by Gasteiger charge is -2.16. The Morgan fingerprint density at radius 2 is 1.94 bits per heavy atom. The highest BCUT2D eigenvalue weighted by Crippen LogP contribution is 2.03. The maximum absolute atomic E-state index is 11.6. The van der Waals surface area contributed by atoms with Crippen LogP contribution in [0.3, 0.4) is 0 Å². The lowest BCUT2D eigenvalue weighted by Crippen LogP contribution is -2.48. The largest absolute Gasteiger partial charge is 0.357 e. The molecule has 0 fully saturated rings. The van der Waals surface area contributed by atoms with Gasteiger partial charge in [0.2, 0.25) is 11.8 Å². The third-order valence-corrected chi connectivity index (χ3v) is 2.37. The molecular weight excluding hydrogens is 218 g/mol. The van der Waals surface area contributed by atoms with Gasteiger partial charge in [0.15, 0.2) is 0 Å².